The second-order valence-electron chi connectivity index (χ2n) is 3.17. The Bertz CT molecular complexity index is 179. The zero-order valence-corrected chi connectivity index (χ0v) is 6.69. The largest absolute Gasteiger partial charge is 0.389 e. The summed E-state index contributed by atoms with van der Waals surface area (Å²) in [6, 6.07) is 0. The molecule has 0 aromatic heterocycles. The van der Waals surface area contributed by atoms with Crippen LogP contribution in [0.25, 0.3) is 0 Å². The lowest BCUT2D eigenvalue weighted by atomic mass is 9.79. The first-order valence-corrected chi connectivity index (χ1v) is 3.86. The molecule has 0 unspecified atom stereocenters. The number of carbonyl (C=O) groups is 1. The van der Waals surface area contributed by atoms with E-state index in [0.717, 1.165) is 0 Å². The first-order valence-electron chi connectivity index (χ1n) is 3.86. The van der Waals surface area contributed by atoms with E-state index >= 15 is 0 Å². The molecule has 6 heteroatoms. The zero-order chi connectivity index (χ0) is 10.2. The molecule has 1 aliphatic carbocycles. The Morgan fingerprint density at radius 2 is 1.00 bits per heavy atom. The van der Waals surface area contributed by atoms with E-state index in [2.05, 4.69) is 0 Å². The summed E-state index contributed by atoms with van der Waals surface area (Å²) >= 11 is 0. The fourth-order valence-corrected chi connectivity index (χ4v) is 1.42. The van der Waals surface area contributed by atoms with Gasteiger partial charge in [-0.15, -0.1) is 0 Å². The van der Waals surface area contributed by atoms with Crippen LogP contribution in [0.15, 0.2) is 0 Å². The van der Waals surface area contributed by atoms with Gasteiger partial charge in [0.15, 0.2) is 0 Å². The Morgan fingerprint density at radius 1 is 0.692 bits per heavy atom. The molecule has 6 atom stereocenters. The molecule has 0 radical (unpaired) electrons. The highest BCUT2D eigenvalue weighted by Gasteiger charge is 2.47. The molecule has 0 heterocycles. The average Bonchev–Trinajstić information content (AvgIpc) is 2.13. The van der Waals surface area contributed by atoms with Crippen LogP contribution in [0.3, 0.4) is 0 Å². The van der Waals surface area contributed by atoms with Crippen molar-refractivity contribution in [2.45, 2.75) is 30.5 Å². The first kappa shape index (κ1) is 10.6. The molecule has 0 bridgehead atoms. The fraction of sp³-hybridized carbons (Fsp3) is 0.857. The maximum absolute atomic E-state index is 10.4. The van der Waals surface area contributed by atoms with Crippen molar-refractivity contribution in [3.8, 4) is 0 Å². The smallest absolute Gasteiger partial charge is 0.128 e. The minimum absolute atomic E-state index is 0.244. The Balaban J connectivity index is 2.85. The molecule has 1 fully saturated rings. The van der Waals surface area contributed by atoms with E-state index in [9.17, 15) is 15.0 Å². The molecule has 13 heavy (non-hydrogen) atoms. The second kappa shape index (κ2) is 3.69. The van der Waals surface area contributed by atoms with Gasteiger partial charge in [-0.1, -0.05) is 0 Å². The van der Waals surface area contributed by atoms with Gasteiger partial charge in [0.2, 0.25) is 0 Å². The Labute approximate surface area is 74.1 Å². The van der Waals surface area contributed by atoms with Gasteiger partial charge in [-0.25, -0.2) is 0 Å². The van der Waals surface area contributed by atoms with Crippen LogP contribution in [0.2, 0.25) is 0 Å². The lowest BCUT2D eigenvalue weighted by molar-refractivity contribution is -0.199. The summed E-state index contributed by atoms with van der Waals surface area (Å²) in [6.07, 6.45) is -7.73. The van der Waals surface area contributed by atoms with Gasteiger partial charge >= 0.3 is 0 Å². The predicted molar refractivity (Wildman–Crippen MR) is 39.6 cm³/mol. The number of rotatable bonds is 1. The van der Waals surface area contributed by atoms with Crippen LogP contribution in [-0.4, -0.2) is 62.3 Å². The zero-order valence-electron chi connectivity index (χ0n) is 6.69. The van der Waals surface area contributed by atoms with Crippen LogP contribution in [0, 0.1) is 5.92 Å². The van der Waals surface area contributed by atoms with Gasteiger partial charge in [0.25, 0.3) is 0 Å². The van der Waals surface area contributed by atoms with Crippen molar-refractivity contribution in [1.82, 2.24) is 0 Å². The van der Waals surface area contributed by atoms with Crippen LogP contribution in [-0.2, 0) is 4.79 Å². The van der Waals surface area contributed by atoms with Gasteiger partial charge in [-0.2, -0.15) is 0 Å². The topological polar surface area (TPSA) is 118 Å². The highest BCUT2D eigenvalue weighted by Crippen LogP contribution is 2.24. The van der Waals surface area contributed by atoms with Crippen molar-refractivity contribution in [2.24, 2.45) is 5.92 Å². The van der Waals surface area contributed by atoms with Crippen molar-refractivity contribution in [2.75, 3.05) is 0 Å². The molecule has 0 saturated heterocycles. The second-order valence-corrected chi connectivity index (χ2v) is 3.17. The summed E-state index contributed by atoms with van der Waals surface area (Å²) in [4.78, 5) is 10.4. The molecular formula is C7H12O6. The third kappa shape index (κ3) is 1.59. The molecule has 0 aromatic carbocycles. The summed E-state index contributed by atoms with van der Waals surface area (Å²) < 4.78 is 0. The monoisotopic (exact) mass is 192 g/mol. The van der Waals surface area contributed by atoms with Crippen molar-refractivity contribution in [3.05, 3.63) is 0 Å². The number of aliphatic hydroxyl groups is 5. The molecule has 0 spiro atoms. The number of carbonyl (C=O) groups excluding carboxylic acids is 1. The van der Waals surface area contributed by atoms with E-state index in [0.29, 0.717) is 0 Å². The highest BCUT2D eigenvalue weighted by atomic mass is 16.4. The van der Waals surface area contributed by atoms with Gasteiger partial charge in [0.1, 0.15) is 24.6 Å². The number of aldehydes is 1. The Kier molecular flexibility index (Phi) is 2.99. The molecular weight excluding hydrogens is 180 g/mol. The van der Waals surface area contributed by atoms with E-state index in [1.165, 1.54) is 0 Å². The van der Waals surface area contributed by atoms with E-state index in [1.54, 1.807) is 0 Å². The standard InChI is InChI=1S/C7H12O6/c8-1-2-3(9)5(11)7(13)6(12)4(2)10/h1-7,9-13H/t2-,3-,4+,5-,6-,7-/m0/s1. The average molecular weight is 192 g/mol. The molecule has 1 rings (SSSR count). The van der Waals surface area contributed by atoms with E-state index in [1.807, 2.05) is 0 Å². The van der Waals surface area contributed by atoms with Crippen molar-refractivity contribution < 1.29 is 30.3 Å². The third-order valence-corrected chi connectivity index (χ3v) is 2.35. The summed E-state index contributed by atoms with van der Waals surface area (Å²) in [5.41, 5.74) is 0. The van der Waals surface area contributed by atoms with Crippen molar-refractivity contribution >= 4 is 6.29 Å². The fourth-order valence-electron chi connectivity index (χ4n) is 1.42. The number of hydrogen-bond donors (Lipinski definition) is 5. The molecule has 5 N–H and O–H groups in total. The lowest BCUT2D eigenvalue weighted by Gasteiger charge is -2.39. The summed E-state index contributed by atoms with van der Waals surface area (Å²) in [7, 11) is 0. The quantitative estimate of drug-likeness (QED) is 0.277. The SMILES string of the molecule is O=C[C@H]1[C@H](O)[C@H](O)[C@H](O)[C@@H](O)[C@@H]1O. The minimum Gasteiger partial charge on any atom is -0.389 e. The van der Waals surface area contributed by atoms with Gasteiger partial charge in [0, 0.05) is 0 Å². The van der Waals surface area contributed by atoms with Gasteiger partial charge in [0.05, 0.1) is 18.1 Å². The predicted octanol–water partition coefficient (Wildman–Crippen LogP) is -3.38. The molecule has 1 saturated carbocycles. The molecule has 6 nitrogen and oxygen atoms in total. The van der Waals surface area contributed by atoms with Crippen molar-refractivity contribution in [3.63, 3.8) is 0 Å². The Morgan fingerprint density at radius 3 is 1.31 bits per heavy atom. The number of aliphatic hydroxyl groups excluding tert-OH is 5. The minimum atomic E-state index is -1.64. The summed E-state index contributed by atoms with van der Waals surface area (Å²) in [5, 5.41) is 45.6. The maximum Gasteiger partial charge on any atom is 0.128 e. The molecule has 1 aliphatic rings. The molecule has 0 aliphatic heterocycles. The van der Waals surface area contributed by atoms with Crippen LogP contribution in [0.5, 0.6) is 0 Å². The normalized spacial score (nSPS) is 51.8. The molecule has 0 amide bonds. The van der Waals surface area contributed by atoms with Crippen LogP contribution in [0.4, 0.5) is 0 Å². The summed E-state index contributed by atoms with van der Waals surface area (Å²) in [6.45, 7) is 0. The van der Waals surface area contributed by atoms with Crippen molar-refractivity contribution in [1.29, 1.82) is 0 Å². The van der Waals surface area contributed by atoms with Crippen LogP contribution < -0.4 is 0 Å². The maximum atomic E-state index is 10.4. The van der Waals surface area contributed by atoms with E-state index in [-0.39, 0.29) is 6.29 Å². The summed E-state index contributed by atoms with van der Waals surface area (Å²) in [5.74, 6) is -1.27. The van der Waals surface area contributed by atoms with Crippen LogP contribution in [0.1, 0.15) is 0 Å². The first-order chi connectivity index (χ1) is 6.00. The van der Waals surface area contributed by atoms with Gasteiger partial charge < -0.3 is 30.3 Å². The molecule has 0 aromatic rings. The lowest BCUT2D eigenvalue weighted by Crippen LogP contribution is -2.61. The highest BCUT2D eigenvalue weighted by molar-refractivity contribution is 5.56. The third-order valence-electron chi connectivity index (χ3n) is 2.35. The van der Waals surface area contributed by atoms with E-state index in [4.69, 9.17) is 15.3 Å². The van der Waals surface area contributed by atoms with Gasteiger partial charge in [-0.3, -0.25) is 0 Å². The number of hydrogen-bond acceptors (Lipinski definition) is 6. The van der Waals surface area contributed by atoms with E-state index < -0.39 is 36.4 Å². The van der Waals surface area contributed by atoms with Gasteiger partial charge in [-0.05, 0) is 0 Å². The van der Waals surface area contributed by atoms with Crippen LogP contribution >= 0.6 is 0 Å². The Hall–Kier alpha value is -0.530. The molecule has 76 valence electrons.